The molecular formula is C30H14Cl2N2O4. The predicted octanol–water partition coefficient (Wildman–Crippen LogP) is 7.29. The fraction of sp³-hybridized carbons (Fsp3) is 0.0667. The number of nitrogens with zero attached hydrogens (tertiary/aromatic N) is 2. The Hall–Kier alpha value is -4.26. The molecule has 4 heterocycles. The van der Waals surface area contributed by atoms with Crippen LogP contribution in [-0.4, -0.2) is 6.10 Å². The Morgan fingerprint density at radius 2 is 1.50 bits per heavy atom. The molecule has 0 radical (unpaired) electrons. The van der Waals surface area contributed by atoms with Gasteiger partial charge in [-0.05, 0) is 24.3 Å². The monoisotopic (exact) mass is 536 g/mol. The molecule has 1 aromatic heterocycles. The minimum atomic E-state index is -0.179. The SMILES string of the molecule is Clc1c2c(c(Cl)c3c1=NC1=CC4c5ccccc5OC4C=C1O3)=Nc1cc3c(cc1O2)oc1ccccc13. The average molecular weight is 537 g/mol. The van der Waals surface area contributed by atoms with Gasteiger partial charge in [0.2, 0.25) is 0 Å². The van der Waals surface area contributed by atoms with E-state index in [0.29, 0.717) is 50.7 Å². The van der Waals surface area contributed by atoms with Crippen molar-refractivity contribution in [1.29, 1.82) is 0 Å². The maximum absolute atomic E-state index is 6.88. The Balaban J connectivity index is 1.23. The third-order valence-electron chi connectivity index (χ3n) is 7.39. The van der Waals surface area contributed by atoms with E-state index in [4.69, 9.17) is 51.8 Å². The molecule has 4 aromatic carbocycles. The minimum absolute atomic E-state index is 0.0371. The van der Waals surface area contributed by atoms with Crippen LogP contribution in [0, 0.1) is 0 Å². The van der Waals surface area contributed by atoms with E-state index in [9.17, 15) is 0 Å². The zero-order valence-corrected chi connectivity index (χ0v) is 20.9. The summed E-state index contributed by atoms with van der Waals surface area (Å²) in [4.78, 5) is 9.69. The summed E-state index contributed by atoms with van der Waals surface area (Å²) in [6.45, 7) is 0. The highest BCUT2D eigenvalue weighted by atomic mass is 35.5. The van der Waals surface area contributed by atoms with E-state index >= 15 is 0 Å². The zero-order chi connectivity index (χ0) is 25.1. The molecule has 8 heteroatoms. The lowest BCUT2D eigenvalue weighted by Gasteiger charge is -2.26. The number of benzene rings is 4. The molecular weight excluding hydrogens is 523 g/mol. The van der Waals surface area contributed by atoms with Crippen LogP contribution in [0.4, 0.5) is 5.69 Å². The molecule has 9 rings (SSSR count). The smallest absolute Gasteiger partial charge is 0.175 e. The summed E-state index contributed by atoms with van der Waals surface area (Å²) in [7, 11) is 0. The minimum Gasteiger partial charge on any atom is -0.485 e. The third-order valence-corrected chi connectivity index (χ3v) is 8.09. The van der Waals surface area contributed by atoms with Crippen LogP contribution < -0.4 is 24.9 Å². The Labute approximate surface area is 224 Å². The number of para-hydroxylation sites is 2. The van der Waals surface area contributed by atoms with Crippen molar-refractivity contribution >= 4 is 50.8 Å². The third kappa shape index (κ3) is 2.68. The number of rotatable bonds is 0. The first-order valence-electron chi connectivity index (χ1n) is 12.1. The normalized spacial score (nSPS) is 19.6. The molecule has 0 fully saturated rings. The molecule has 0 saturated carbocycles. The van der Waals surface area contributed by atoms with E-state index in [-0.39, 0.29) is 22.1 Å². The molecule has 4 aliphatic rings. The van der Waals surface area contributed by atoms with Gasteiger partial charge in [0, 0.05) is 34.4 Å². The van der Waals surface area contributed by atoms with Crippen molar-refractivity contribution in [3.8, 4) is 23.0 Å². The van der Waals surface area contributed by atoms with E-state index in [1.807, 2.05) is 60.7 Å². The maximum Gasteiger partial charge on any atom is 0.175 e. The fourth-order valence-corrected chi connectivity index (χ4v) is 6.14. The predicted molar refractivity (Wildman–Crippen MR) is 143 cm³/mol. The van der Waals surface area contributed by atoms with Crippen LogP contribution in [0.2, 0.25) is 10.0 Å². The van der Waals surface area contributed by atoms with Gasteiger partial charge in [0.05, 0.1) is 0 Å². The van der Waals surface area contributed by atoms with Gasteiger partial charge in [0.25, 0.3) is 0 Å². The van der Waals surface area contributed by atoms with Gasteiger partial charge in [-0.1, -0.05) is 59.6 Å². The first-order valence-corrected chi connectivity index (χ1v) is 12.9. The number of hydrogen-bond acceptors (Lipinski definition) is 6. The van der Waals surface area contributed by atoms with E-state index in [1.54, 1.807) is 0 Å². The molecule has 2 unspecified atom stereocenters. The second-order valence-electron chi connectivity index (χ2n) is 9.55. The first kappa shape index (κ1) is 20.8. The summed E-state index contributed by atoms with van der Waals surface area (Å²) in [5.41, 5.74) is 3.91. The fourth-order valence-electron chi connectivity index (χ4n) is 5.63. The molecule has 0 spiro atoms. The van der Waals surface area contributed by atoms with Crippen LogP contribution >= 0.6 is 23.2 Å². The quantitative estimate of drug-likeness (QED) is 0.204. The van der Waals surface area contributed by atoms with Crippen LogP contribution in [0.3, 0.4) is 0 Å². The second kappa shape index (κ2) is 7.19. The highest BCUT2D eigenvalue weighted by Crippen LogP contribution is 2.46. The Bertz CT molecular complexity index is 2110. The van der Waals surface area contributed by atoms with Crippen LogP contribution in [-0.2, 0) is 0 Å². The summed E-state index contributed by atoms with van der Waals surface area (Å²) in [6, 6.07) is 19.6. The molecule has 0 bridgehead atoms. The highest BCUT2D eigenvalue weighted by Gasteiger charge is 2.38. The Morgan fingerprint density at radius 1 is 0.711 bits per heavy atom. The number of hydrogen-bond donors (Lipinski definition) is 0. The van der Waals surface area contributed by atoms with E-state index in [2.05, 4.69) is 12.1 Å². The van der Waals surface area contributed by atoms with Crippen molar-refractivity contribution in [1.82, 2.24) is 0 Å². The number of furan rings is 1. The van der Waals surface area contributed by atoms with Crippen LogP contribution in [0.1, 0.15) is 11.5 Å². The van der Waals surface area contributed by atoms with Gasteiger partial charge < -0.3 is 18.6 Å². The van der Waals surface area contributed by atoms with Crippen LogP contribution in [0.15, 0.2) is 98.7 Å². The van der Waals surface area contributed by atoms with Gasteiger partial charge in [-0.25, -0.2) is 9.98 Å². The lowest BCUT2D eigenvalue weighted by atomic mass is 9.90. The van der Waals surface area contributed by atoms with Gasteiger partial charge in [-0.2, -0.15) is 0 Å². The largest absolute Gasteiger partial charge is 0.485 e. The lowest BCUT2D eigenvalue weighted by molar-refractivity contribution is 0.257. The van der Waals surface area contributed by atoms with Crippen molar-refractivity contribution in [2.75, 3.05) is 0 Å². The number of halogens is 2. The lowest BCUT2D eigenvalue weighted by Crippen LogP contribution is -2.28. The Morgan fingerprint density at radius 3 is 2.42 bits per heavy atom. The van der Waals surface area contributed by atoms with Gasteiger partial charge in [-0.15, -0.1) is 0 Å². The van der Waals surface area contributed by atoms with Crippen molar-refractivity contribution in [3.63, 3.8) is 0 Å². The maximum atomic E-state index is 6.88. The average Bonchev–Trinajstić information content (AvgIpc) is 3.49. The summed E-state index contributed by atoms with van der Waals surface area (Å²) in [5.74, 6) is 2.68. The molecule has 182 valence electrons. The molecule has 1 aliphatic carbocycles. The zero-order valence-electron chi connectivity index (χ0n) is 19.4. The van der Waals surface area contributed by atoms with Crippen molar-refractivity contribution in [2.24, 2.45) is 9.98 Å². The van der Waals surface area contributed by atoms with Crippen molar-refractivity contribution in [2.45, 2.75) is 12.0 Å². The Kier molecular flexibility index (Phi) is 3.93. The summed E-state index contributed by atoms with van der Waals surface area (Å²) >= 11 is 13.8. The van der Waals surface area contributed by atoms with Crippen molar-refractivity contribution < 1.29 is 18.6 Å². The first-order chi connectivity index (χ1) is 18.6. The van der Waals surface area contributed by atoms with Gasteiger partial charge >= 0.3 is 0 Å². The molecule has 0 saturated heterocycles. The summed E-state index contributed by atoms with van der Waals surface area (Å²) < 4.78 is 24.7. The topological polar surface area (TPSA) is 65.5 Å². The standard InChI is InChI=1S/C30H14Cl2N2O4/c31-25-27-29(37-23-11-21-15(9-17(23)33-27)13-5-1-3-7-19(13)35-21)26(32)28-30(25)38-24-12-22-16(10-18(24)34-28)14-6-2-4-8-20(14)36-22/h1-12,15,21H. The van der Waals surface area contributed by atoms with Gasteiger partial charge in [0.15, 0.2) is 23.0 Å². The summed E-state index contributed by atoms with van der Waals surface area (Å²) in [5, 5.41) is 3.31. The molecule has 38 heavy (non-hydrogen) atoms. The van der Waals surface area contributed by atoms with E-state index in [0.717, 1.165) is 27.7 Å². The van der Waals surface area contributed by atoms with Crippen LogP contribution in [0.25, 0.3) is 21.9 Å². The van der Waals surface area contributed by atoms with E-state index in [1.165, 1.54) is 0 Å². The summed E-state index contributed by atoms with van der Waals surface area (Å²) in [6.07, 6.45) is 3.82. The van der Waals surface area contributed by atoms with Gasteiger partial charge in [-0.3, -0.25) is 0 Å². The second-order valence-corrected chi connectivity index (χ2v) is 10.3. The van der Waals surface area contributed by atoms with Crippen molar-refractivity contribution in [3.05, 3.63) is 111 Å². The van der Waals surface area contributed by atoms with Gasteiger partial charge in [0.1, 0.15) is 55.2 Å². The molecule has 6 nitrogen and oxygen atoms in total. The molecule has 5 aromatic rings. The van der Waals surface area contributed by atoms with E-state index < -0.39 is 0 Å². The highest BCUT2D eigenvalue weighted by molar-refractivity contribution is 6.35. The number of ether oxygens (including phenoxy) is 3. The molecule has 0 amide bonds. The van der Waals surface area contributed by atoms with Crippen LogP contribution in [0.5, 0.6) is 23.0 Å². The molecule has 3 aliphatic heterocycles. The number of fused-ring (bicyclic) bond motifs is 10. The molecule has 2 atom stereocenters. The molecule has 0 N–H and O–H groups in total.